The fourth-order valence-corrected chi connectivity index (χ4v) is 5.78. The van der Waals surface area contributed by atoms with Crippen LogP contribution in [-0.4, -0.2) is 106 Å². The summed E-state index contributed by atoms with van der Waals surface area (Å²) in [5.74, 6) is 0.886. The molecule has 33 heavy (non-hydrogen) atoms. The van der Waals surface area contributed by atoms with E-state index in [1.807, 2.05) is 0 Å². The highest BCUT2D eigenvalue weighted by atomic mass is 16.2. The van der Waals surface area contributed by atoms with E-state index in [0.717, 1.165) is 58.7 Å². The van der Waals surface area contributed by atoms with Crippen LogP contribution in [0.15, 0.2) is 10.2 Å². The molecule has 1 aliphatic carbocycles. The number of likely N-dealkylation sites (N-methyl/N-ethyl adjacent to an activating group) is 2. The van der Waals surface area contributed by atoms with Crippen molar-refractivity contribution in [2.75, 3.05) is 53.5 Å². The molecule has 0 aromatic rings. The highest BCUT2D eigenvalue weighted by Crippen LogP contribution is 2.35. The van der Waals surface area contributed by atoms with Gasteiger partial charge >= 0.3 is 0 Å². The van der Waals surface area contributed by atoms with Gasteiger partial charge in [-0.2, -0.15) is 10.2 Å². The lowest BCUT2D eigenvalue weighted by atomic mass is 9.94. The Kier molecular flexibility index (Phi) is 7.55. The summed E-state index contributed by atoms with van der Waals surface area (Å²) in [6.45, 7) is 5.48. The van der Waals surface area contributed by atoms with Gasteiger partial charge in [-0.25, -0.2) is 0 Å². The van der Waals surface area contributed by atoms with Crippen LogP contribution in [0.25, 0.3) is 0 Å². The smallest absolute Gasteiger partial charge is 0.223 e. The van der Waals surface area contributed by atoms with Crippen molar-refractivity contribution in [2.24, 2.45) is 22.1 Å². The summed E-state index contributed by atoms with van der Waals surface area (Å²) in [5, 5.41) is 30.1. The van der Waals surface area contributed by atoms with Crippen LogP contribution in [0.3, 0.4) is 0 Å². The molecule has 4 heterocycles. The molecule has 1 amide bonds. The lowest BCUT2D eigenvalue weighted by Gasteiger charge is -2.35. The van der Waals surface area contributed by atoms with Crippen LogP contribution < -0.4 is 31.9 Å². The van der Waals surface area contributed by atoms with Crippen LogP contribution in [0.5, 0.6) is 0 Å². The highest BCUT2D eigenvalue weighted by Gasteiger charge is 2.42. The van der Waals surface area contributed by atoms with Crippen LogP contribution >= 0.6 is 0 Å². The first kappa shape index (κ1) is 23.5. The van der Waals surface area contributed by atoms with E-state index in [1.54, 1.807) is 0 Å². The molecule has 11 nitrogen and oxygen atoms in total. The summed E-state index contributed by atoms with van der Waals surface area (Å²) in [6.07, 6.45) is 5.73. The van der Waals surface area contributed by atoms with E-state index in [0.29, 0.717) is 12.0 Å². The molecule has 186 valence electrons. The molecule has 5 aliphatic rings. The largest absolute Gasteiger partial charge is 0.350 e. The Balaban J connectivity index is 1.09. The zero-order chi connectivity index (χ0) is 22.8. The Labute approximate surface area is 197 Å². The first-order valence-corrected chi connectivity index (χ1v) is 12.9. The minimum Gasteiger partial charge on any atom is -0.350 e. The zero-order valence-corrected chi connectivity index (χ0v) is 20.1. The Bertz CT molecular complexity index is 697. The van der Waals surface area contributed by atoms with Crippen LogP contribution in [0, 0.1) is 11.8 Å². The van der Waals surface area contributed by atoms with E-state index in [-0.39, 0.29) is 42.5 Å². The van der Waals surface area contributed by atoms with Crippen LogP contribution in [0.1, 0.15) is 32.1 Å². The lowest BCUT2D eigenvalue weighted by Crippen LogP contribution is -2.58. The van der Waals surface area contributed by atoms with Gasteiger partial charge in [-0.05, 0) is 65.2 Å². The van der Waals surface area contributed by atoms with Crippen LogP contribution in [0.2, 0.25) is 0 Å². The standard InChI is InChI=1S/C22H42N10O/c1-31-10-9-25-21(31)19(14-3-4-14)28-22(33)15-5-8-24-17(11-15)26-12-18-29-30-20(32(18)2)16-6-7-23-13-27-16/h14-21,23-27H,3-13H2,1-2H3,(H,28,33)/t15?,16?,17?,18?,19-,20?,21?/m0/s1. The Morgan fingerprint density at radius 1 is 1.06 bits per heavy atom. The number of hydrogen-bond acceptors (Lipinski definition) is 10. The third-order valence-corrected chi connectivity index (χ3v) is 8.08. The summed E-state index contributed by atoms with van der Waals surface area (Å²) in [7, 11) is 4.26. The molecule has 0 radical (unpaired) electrons. The van der Waals surface area contributed by atoms with Gasteiger partial charge in [-0.1, -0.05) is 0 Å². The molecule has 0 spiro atoms. The summed E-state index contributed by atoms with van der Waals surface area (Å²) >= 11 is 0. The number of carbonyl (C=O) groups excluding carboxylic acids is 1. The molecule has 5 rings (SSSR count). The monoisotopic (exact) mass is 462 g/mol. The number of rotatable bonds is 8. The van der Waals surface area contributed by atoms with Gasteiger partial charge in [0.25, 0.3) is 0 Å². The number of piperidine rings is 1. The SMILES string of the molecule is CN1CCNC1[C@@H](NC(=O)C1CCNC(NCC2N=NC(C3CCNCN3)N2C)C1)C1CC1. The van der Waals surface area contributed by atoms with Crippen molar-refractivity contribution in [3.05, 3.63) is 0 Å². The minimum atomic E-state index is 0.0333. The van der Waals surface area contributed by atoms with Crippen LogP contribution in [-0.2, 0) is 4.79 Å². The highest BCUT2D eigenvalue weighted by molar-refractivity contribution is 5.79. The molecule has 1 saturated carbocycles. The van der Waals surface area contributed by atoms with Crippen molar-refractivity contribution in [1.29, 1.82) is 0 Å². The van der Waals surface area contributed by atoms with E-state index in [4.69, 9.17) is 0 Å². The second-order valence-corrected chi connectivity index (χ2v) is 10.5. The van der Waals surface area contributed by atoms with E-state index in [9.17, 15) is 4.79 Å². The van der Waals surface area contributed by atoms with Gasteiger partial charge in [0.2, 0.25) is 5.91 Å². The summed E-state index contributed by atoms with van der Waals surface area (Å²) in [5.41, 5.74) is 0. The van der Waals surface area contributed by atoms with Gasteiger partial charge in [0.05, 0.1) is 18.4 Å². The normalized spacial score (nSPS) is 39.1. The van der Waals surface area contributed by atoms with E-state index in [2.05, 4.69) is 66.0 Å². The quantitative estimate of drug-likeness (QED) is 0.261. The number of nitrogens with zero attached hydrogens (tertiary/aromatic N) is 4. The topological polar surface area (TPSA) is 120 Å². The molecule has 6 N–H and O–H groups in total. The van der Waals surface area contributed by atoms with Gasteiger partial charge in [-0.15, -0.1) is 0 Å². The molecule has 0 aromatic carbocycles. The lowest BCUT2D eigenvalue weighted by molar-refractivity contribution is -0.127. The second-order valence-electron chi connectivity index (χ2n) is 10.5. The van der Waals surface area contributed by atoms with Crippen molar-refractivity contribution < 1.29 is 4.79 Å². The van der Waals surface area contributed by atoms with E-state index in [1.165, 1.54) is 12.8 Å². The number of amides is 1. The maximum absolute atomic E-state index is 13.2. The van der Waals surface area contributed by atoms with E-state index < -0.39 is 0 Å². The van der Waals surface area contributed by atoms with E-state index >= 15 is 0 Å². The van der Waals surface area contributed by atoms with Gasteiger partial charge in [-0.3, -0.25) is 30.5 Å². The maximum Gasteiger partial charge on any atom is 0.223 e. The maximum atomic E-state index is 13.2. The van der Waals surface area contributed by atoms with Crippen molar-refractivity contribution >= 4 is 5.91 Å². The predicted octanol–water partition coefficient (Wildman–Crippen LogP) is -1.38. The molecule has 4 aliphatic heterocycles. The Morgan fingerprint density at radius 3 is 2.67 bits per heavy atom. The van der Waals surface area contributed by atoms with Gasteiger partial charge in [0.15, 0.2) is 0 Å². The van der Waals surface area contributed by atoms with Crippen molar-refractivity contribution in [2.45, 2.75) is 68.9 Å². The fraction of sp³-hybridized carbons (Fsp3) is 0.955. The third-order valence-electron chi connectivity index (χ3n) is 8.08. The van der Waals surface area contributed by atoms with Crippen molar-refractivity contribution in [1.82, 2.24) is 41.7 Å². The molecule has 4 fully saturated rings. The first-order chi connectivity index (χ1) is 16.1. The number of carbonyl (C=O) groups is 1. The number of nitrogens with one attached hydrogen (secondary N) is 6. The molecular weight excluding hydrogens is 420 g/mol. The summed E-state index contributed by atoms with van der Waals surface area (Å²) < 4.78 is 0. The van der Waals surface area contributed by atoms with Gasteiger partial charge in [0.1, 0.15) is 12.3 Å². The number of hydrogen-bond donors (Lipinski definition) is 6. The predicted molar refractivity (Wildman–Crippen MR) is 126 cm³/mol. The van der Waals surface area contributed by atoms with Gasteiger partial charge < -0.3 is 16.0 Å². The molecular formula is C22H42N10O. The van der Waals surface area contributed by atoms with Crippen molar-refractivity contribution in [3.63, 3.8) is 0 Å². The Morgan fingerprint density at radius 2 is 1.94 bits per heavy atom. The minimum absolute atomic E-state index is 0.0333. The van der Waals surface area contributed by atoms with Crippen molar-refractivity contribution in [3.8, 4) is 0 Å². The molecule has 3 saturated heterocycles. The summed E-state index contributed by atoms with van der Waals surface area (Å²) in [4.78, 5) is 17.8. The average Bonchev–Trinajstić information content (AvgIpc) is 3.50. The third kappa shape index (κ3) is 5.55. The fourth-order valence-electron chi connectivity index (χ4n) is 5.78. The molecule has 6 unspecified atom stereocenters. The molecule has 11 heteroatoms. The second kappa shape index (κ2) is 10.6. The zero-order valence-electron chi connectivity index (χ0n) is 20.1. The number of azo groups is 1. The molecule has 7 atom stereocenters. The average molecular weight is 463 g/mol. The summed E-state index contributed by atoms with van der Waals surface area (Å²) in [6, 6.07) is 0.568. The Hall–Kier alpha value is -1.21. The van der Waals surface area contributed by atoms with Crippen LogP contribution in [0.4, 0.5) is 0 Å². The molecule has 0 aromatic heterocycles. The molecule has 0 bridgehead atoms. The first-order valence-electron chi connectivity index (χ1n) is 12.9. The van der Waals surface area contributed by atoms with Gasteiger partial charge in [0, 0.05) is 38.3 Å².